The Kier molecular flexibility index (Phi) is 3.17. The standard InChI is InChI=1S/C9H8Cl2O2/c1-5-3-6(9(12)13-2)8(11)7(10)4-5/h3-4H,1-2H3. The number of halogens is 2. The lowest BCUT2D eigenvalue weighted by atomic mass is 10.1. The summed E-state index contributed by atoms with van der Waals surface area (Å²) in [6.45, 7) is 1.83. The molecule has 0 amide bonds. The monoisotopic (exact) mass is 218 g/mol. The molecule has 13 heavy (non-hydrogen) atoms. The molecule has 0 atom stereocenters. The van der Waals surface area contributed by atoms with Crippen molar-refractivity contribution >= 4 is 29.2 Å². The normalized spacial score (nSPS) is 9.85. The molecule has 0 spiro atoms. The lowest BCUT2D eigenvalue weighted by Gasteiger charge is -2.04. The van der Waals surface area contributed by atoms with Crippen LogP contribution in [0.1, 0.15) is 15.9 Å². The second-order valence-electron chi connectivity index (χ2n) is 2.60. The Morgan fingerprint density at radius 1 is 1.38 bits per heavy atom. The van der Waals surface area contributed by atoms with Gasteiger partial charge < -0.3 is 4.74 Å². The van der Waals surface area contributed by atoms with Crippen molar-refractivity contribution in [3.8, 4) is 0 Å². The van der Waals surface area contributed by atoms with Crippen molar-refractivity contribution in [2.24, 2.45) is 0 Å². The highest BCUT2D eigenvalue weighted by atomic mass is 35.5. The minimum Gasteiger partial charge on any atom is -0.465 e. The Bertz CT molecular complexity index is 348. The molecule has 0 heterocycles. The van der Waals surface area contributed by atoms with Crippen LogP contribution < -0.4 is 0 Å². The Morgan fingerprint density at radius 2 is 2.00 bits per heavy atom. The molecule has 0 N–H and O–H groups in total. The number of hydrogen-bond acceptors (Lipinski definition) is 2. The molecule has 1 aromatic rings. The summed E-state index contributed by atoms with van der Waals surface area (Å²) < 4.78 is 4.55. The lowest BCUT2D eigenvalue weighted by molar-refractivity contribution is 0.0601. The Morgan fingerprint density at radius 3 is 2.54 bits per heavy atom. The minimum atomic E-state index is -0.476. The second-order valence-corrected chi connectivity index (χ2v) is 3.39. The predicted molar refractivity (Wildman–Crippen MR) is 52.5 cm³/mol. The molecule has 1 rings (SSSR count). The van der Waals surface area contributed by atoms with E-state index in [4.69, 9.17) is 23.2 Å². The predicted octanol–water partition coefficient (Wildman–Crippen LogP) is 3.09. The van der Waals surface area contributed by atoms with Crippen molar-refractivity contribution in [2.75, 3.05) is 7.11 Å². The van der Waals surface area contributed by atoms with Crippen molar-refractivity contribution in [2.45, 2.75) is 6.92 Å². The van der Waals surface area contributed by atoms with Crippen molar-refractivity contribution < 1.29 is 9.53 Å². The summed E-state index contributed by atoms with van der Waals surface area (Å²) in [6, 6.07) is 3.33. The summed E-state index contributed by atoms with van der Waals surface area (Å²) in [6.07, 6.45) is 0. The van der Waals surface area contributed by atoms with Gasteiger partial charge in [0.15, 0.2) is 0 Å². The van der Waals surface area contributed by atoms with Crippen LogP contribution >= 0.6 is 23.2 Å². The van der Waals surface area contributed by atoms with Gasteiger partial charge >= 0.3 is 5.97 Å². The molecule has 0 aliphatic carbocycles. The van der Waals surface area contributed by atoms with E-state index in [0.29, 0.717) is 10.6 Å². The zero-order valence-electron chi connectivity index (χ0n) is 7.23. The molecule has 0 radical (unpaired) electrons. The molecule has 0 aliphatic heterocycles. The third-order valence-electron chi connectivity index (χ3n) is 1.58. The molecule has 70 valence electrons. The molecule has 2 nitrogen and oxygen atoms in total. The first-order chi connectivity index (χ1) is 6.06. The maximum atomic E-state index is 11.2. The molecule has 0 saturated heterocycles. The fourth-order valence-electron chi connectivity index (χ4n) is 0.983. The number of aryl methyl sites for hydroxylation is 1. The van der Waals surface area contributed by atoms with Gasteiger partial charge in [-0.05, 0) is 24.6 Å². The van der Waals surface area contributed by atoms with Gasteiger partial charge in [-0.15, -0.1) is 0 Å². The number of carbonyl (C=O) groups excluding carboxylic acids is 1. The zero-order chi connectivity index (χ0) is 10.0. The van der Waals surface area contributed by atoms with Crippen LogP contribution in [-0.4, -0.2) is 13.1 Å². The van der Waals surface area contributed by atoms with Gasteiger partial charge in [0.1, 0.15) is 0 Å². The number of carbonyl (C=O) groups is 1. The number of methoxy groups -OCH3 is 1. The van der Waals surface area contributed by atoms with Gasteiger partial charge in [0.05, 0.1) is 22.7 Å². The van der Waals surface area contributed by atoms with E-state index in [1.165, 1.54) is 7.11 Å². The van der Waals surface area contributed by atoms with E-state index in [1.54, 1.807) is 12.1 Å². The largest absolute Gasteiger partial charge is 0.465 e. The van der Waals surface area contributed by atoms with Crippen molar-refractivity contribution in [1.29, 1.82) is 0 Å². The zero-order valence-corrected chi connectivity index (χ0v) is 8.74. The fraction of sp³-hybridized carbons (Fsp3) is 0.222. The van der Waals surface area contributed by atoms with Crippen LogP contribution in [0.25, 0.3) is 0 Å². The third-order valence-corrected chi connectivity index (χ3v) is 2.38. The number of benzene rings is 1. The van der Waals surface area contributed by atoms with Crippen LogP contribution in [0.15, 0.2) is 12.1 Å². The molecular weight excluding hydrogens is 211 g/mol. The van der Waals surface area contributed by atoms with Crippen molar-refractivity contribution in [1.82, 2.24) is 0 Å². The van der Waals surface area contributed by atoms with Gasteiger partial charge in [-0.3, -0.25) is 0 Å². The number of rotatable bonds is 1. The highest BCUT2D eigenvalue weighted by Crippen LogP contribution is 2.27. The Balaban J connectivity index is 3.28. The molecule has 0 unspecified atom stereocenters. The van der Waals surface area contributed by atoms with Gasteiger partial charge in [-0.2, -0.15) is 0 Å². The van der Waals surface area contributed by atoms with Crippen LogP contribution in [0.2, 0.25) is 10.0 Å². The van der Waals surface area contributed by atoms with E-state index in [1.807, 2.05) is 6.92 Å². The van der Waals surface area contributed by atoms with Crippen LogP contribution in [0.3, 0.4) is 0 Å². The fourth-order valence-corrected chi connectivity index (χ4v) is 1.44. The molecule has 0 fully saturated rings. The summed E-state index contributed by atoms with van der Waals surface area (Å²) in [4.78, 5) is 11.2. The second kappa shape index (κ2) is 3.99. The van der Waals surface area contributed by atoms with Crippen LogP contribution in [0.4, 0.5) is 0 Å². The van der Waals surface area contributed by atoms with Crippen LogP contribution in [0, 0.1) is 6.92 Å². The molecular formula is C9H8Cl2O2. The van der Waals surface area contributed by atoms with Crippen LogP contribution in [-0.2, 0) is 4.74 Å². The Labute approximate surface area is 86.4 Å². The molecule has 0 bridgehead atoms. The summed E-state index contributed by atoms with van der Waals surface area (Å²) in [5.41, 5.74) is 1.17. The van der Waals surface area contributed by atoms with Gasteiger partial charge in [0, 0.05) is 0 Å². The van der Waals surface area contributed by atoms with Crippen molar-refractivity contribution in [3.05, 3.63) is 33.3 Å². The highest BCUT2D eigenvalue weighted by Gasteiger charge is 2.13. The molecule has 0 aromatic heterocycles. The average molecular weight is 219 g/mol. The summed E-state index contributed by atoms with van der Waals surface area (Å²) in [5.74, 6) is -0.476. The van der Waals surface area contributed by atoms with Crippen LogP contribution in [0.5, 0.6) is 0 Å². The van der Waals surface area contributed by atoms with Gasteiger partial charge in [0.25, 0.3) is 0 Å². The number of ether oxygens (including phenoxy) is 1. The average Bonchev–Trinajstić information content (AvgIpc) is 2.10. The first kappa shape index (κ1) is 10.4. The summed E-state index contributed by atoms with van der Waals surface area (Å²) >= 11 is 11.6. The van der Waals surface area contributed by atoms with Gasteiger partial charge in [-0.1, -0.05) is 23.2 Å². The van der Waals surface area contributed by atoms with E-state index < -0.39 is 5.97 Å². The molecule has 4 heteroatoms. The van der Waals surface area contributed by atoms with E-state index in [0.717, 1.165) is 5.56 Å². The Hall–Kier alpha value is -0.730. The van der Waals surface area contributed by atoms with Gasteiger partial charge in [0.2, 0.25) is 0 Å². The minimum absolute atomic E-state index is 0.235. The van der Waals surface area contributed by atoms with Crippen molar-refractivity contribution in [3.63, 3.8) is 0 Å². The van der Waals surface area contributed by atoms with E-state index in [9.17, 15) is 4.79 Å². The maximum absolute atomic E-state index is 11.2. The van der Waals surface area contributed by atoms with E-state index in [-0.39, 0.29) is 5.02 Å². The lowest BCUT2D eigenvalue weighted by Crippen LogP contribution is -2.02. The SMILES string of the molecule is COC(=O)c1cc(C)cc(Cl)c1Cl. The first-order valence-corrected chi connectivity index (χ1v) is 4.36. The number of esters is 1. The molecule has 0 saturated carbocycles. The molecule has 1 aromatic carbocycles. The topological polar surface area (TPSA) is 26.3 Å². The maximum Gasteiger partial charge on any atom is 0.339 e. The first-order valence-electron chi connectivity index (χ1n) is 3.60. The highest BCUT2D eigenvalue weighted by molar-refractivity contribution is 6.43. The van der Waals surface area contributed by atoms with E-state index >= 15 is 0 Å². The quantitative estimate of drug-likeness (QED) is 0.678. The summed E-state index contributed by atoms with van der Waals surface area (Å²) in [5, 5.41) is 0.598. The van der Waals surface area contributed by atoms with Gasteiger partial charge in [-0.25, -0.2) is 4.79 Å². The molecule has 0 aliphatic rings. The summed E-state index contributed by atoms with van der Waals surface area (Å²) in [7, 11) is 1.30. The third kappa shape index (κ3) is 2.14. The van der Waals surface area contributed by atoms with E-state index in [2.05, 4.69) is 4.74 Å². The number of hydrogen-bond donors (Lipinski definition) is 0. The smallest absolute Gasteiger partial charge is 0.339 e.